The summed E-state index contributed by atoms with van der Waals surface area (Å²) in [6.07, 6.45) is 1.53. The molecule has 0 aliphatic heterocycles. The summed E-state index contributed by atoms with van der Waals surface area (Å²) >= 11 is 1.55. The number of hydrogen-bond acceptors (Lipinski definition) is 4. The number of nitrogens with zero attached hydrogens (tertiary/aromatic N) is 1. The molecule has 0 fully saturated rings. The number of aliphatic carboxylic acids is 1. The van der Waals surface area contributed by atoms with Gasteiger partial charge in [0.2, 0.25) is 0 Å². The molecule has 1 N–H and O–H groups in total. The van der Waals surface area contributed by atoms with Gasteiger partial charge >= 0.3 is 5.97 Å². The molecule has 0 aliphatic rings. The van der Waals surface area contributed by atoms with Crippen molar-refractivity contribution in [2.75, 3.05) is 0 Å². The van der Waals surface area contributed by atoms with Crippen LogP contribution in [0.25, 0.3) is 0 Å². The monoisotopic (exact) mass is 367 g/mol. The van der Waals surface area contributed by atoms with Gasteiger partial charge in [0.1, 0.15) is 11.6 Å². The van der Waals surface area contributed by atoms with Crippen LogP contribution in [0.3, 0.4) is 0 Å². The Morgan fingerprint density at radius 2 is 2.00 bits per heavy atom. The Morgan fingerprint density at radius 1 is 1.32 bits per heavy atom. The van der Waals surface area contributed by atoms with Gasteiger partial charge in [-0.3, -0.25) is 4.79 Å². The Kier molecular flexibility index (Phi) is 6.75. The molecule has 25 heavy (non-hydrogen) atoms. The minimum Gasteiger partial charge on any atom is -0.483 e. The van der Waals surface area contributed by atoms with Gasteiger partial charge in [-0.15, -0.1) is 11.8 Å². The molecule has 134 valence electrons. The second-order valence-corrected chi connectivity index (χ2v) is 7.27. The maximum absolute atomic E-state index is 14.1. The third-order valence-electron chi connectivity index (χ3n) is 3.25. The van der Waals surface area contributed by atoms with Crippen LogP contribution >= 0.6 is 11.8 Å². The third kappa shape index (κ3) is 5.70. The molecule has 4 nitrogen and oxygen atoms in total. The summed E-state index contributed by atoms with van der Waals surface area (Å²) in [6.45, 7) is 4.05. The minimum absolute atomic E-state index is 0.00872. The van der Waals surface area contributed by atoms with Crippen LogP contribution in [0.5, 0.6) is 5.75 Å². The highest BCUT2D eigenvalue weighted by atomic mass is 32.2. The zero-order valence-corrected chi connectivity index (χ0v) is 14.8. The number of carboxylic acids is 1. The summed E-state index contributed by atoms with van der Waals surface area (Å²) in [4.78, 5) is 14.8. The molecule has 1 aromatic carbocycles. The van der Waals surface area contributed by atoms with Crippen molar-refractivity contribution >= 4 is 17.7 Å². The number of halogens is 2. The number of carboxylic acid groups (broad SMARTS) is 1. The molecular formula is C18H19F2NO3S. The fraction of sp³-hybridized carbons (Fsp3) is 0.333. The van der Waals surface area contributed by atoms with Gasteiger partial charge in [0.05, 0.1) is 0 Å². The minimum atomic E-state index is -1.02. The van der Waals surface area contributed by atoms with Crippen molar-refractivity contribution in [1.82, 2.24) is 4.98 Å². The summed E-state index contributed by atoms with van der Waals surface area (Å²) in [6, 6.07) is 5.75. The maximum atomic E-state index is 14.1. The fourth-order valence-electron chi connectivity index (χ4n) is 2.16. The first kappa shape index (κ1) is 19.2. The average Bonchev–Trinajstić information content (AvgIpc) is 2.53. The van der Waals surface area contributed by atoms with Crippen LogP contribution in [0.15, 0.2) is 35.5 Å². The van der Waals surface area contributed by atoms with Gasteiger partial charge < -0.3 is 9.84 Å². The van der Waals surface area contributed by atoms with Crippen molar-refractivity contribution in [3.63, 3.8) is 0 Å². The average molecular weight is 367 g/mol. The standard InChI is InChI=1S/C18H19F2NO3S/c1-11(2)25-18-13(4-3-7-21-18)10-24-17-14(19)8-12(9-15(17)20)5-6-16(22)23/h3-4,7-9,11H,5-6,10H2,1-2H3,(H,22,23). The molecular weight excluding hydrogens is 348 g/mol. The number of ether oxygens (including phenoxy) is 1. The number of benzene rings is 1. The van der Waals surface area contributed by atoms with Crippen LogP contribution in [0.4, 0.5) is 8.78 Å². The van der Waals surface area contributed by atoms with E-state index < -0.39 is 23.4 Å². The molecule has 0 bridgehead atoms. The van der Waals surface area contributed by atoms with E-state index >= 15 is 0 Å². The van der Waals surface area contributed by atoms with E-state index in [1.54, 1.807) is 30.1 Å². The summed E-state index contributed by atoms with van der Waals surface area (Å²) in [5.74, 6) is -3.18. The van der Waals surface area contributed by atoms with Crippen molar-refractivity contribution in [3.05, 3.63) is 53.2 Å². The van der Waals surface area contributed by atoms with Gasteiger partial charge in [0.15, 0.2) is 17.4 Å². The molecule has 0 unspecified atom stereocenters. The fourth-order valence-corrected chi connectivity index (χ4v) is 3.01. The molecule has 2 rings (SSSR count). The SMILES string of the molecule is CC(C)Sc1ncccc1COc1c(F)cc(CCC(=O)O)cc1F. The molecule has 0 atom stereocenters. The van der Waals surface area contributed by atoms with Gasteiger partial charge in [-0.2, -0.15) is 0 Å². The number of thioether (sulfide) groups is 1. The molecule has 0 aliphatic carbocycles. The zero-order chi connectivity index (χ0) is 18.4. The Labute approximate surface area is 149 Å². The van der Waals surface area contributed by atoms with Crippen LogP contribution in [0.2, 0.25) is 0 Å². The number of aromatic nitrogens is 1. The van der Waals surface area contributed by atoms with Crippen LogP contribution < -0.4 is 4.74 Å². The third-order valence-corrected chi connectivity index (χ3v) is 4.32. The summed E-state index contributed by atoms with van der Waals surface area (Å²) in [5, 5.41) is 9.72. The van der Waals surface area contributed by atoms with E-state index in [-0.39, 0.29) is 25.0 Å². The van der Waals surface area contributed by atoms with Crippen molar-refractivity contribution < 1.29 is 23.4 Å². The Bertz CT molecular complexity index is 730. The number of pyridine rings is 1. The van der Waals surface area contributed by atoms with E-state index in [0.29, 0.717) is 5.25 Å². The second kappa shape index (κ2) is 8.80. The van der Waals surface area contributed by atoms with E-state index in [1.807, 2.05) is 13.8 Å². The summed E-state index contributed by atoms with van der Waals surface area (Å²) < 4.78 is 33.6. The summed E-state index contributed by atoms with van der Waals surface area (Å²) in [7, 11) is 0. The van der Waals surface area contributed by atoms with E-state index in [2.05, 4.69) is 4.98 Å². The quantitative estimate of drug-likeness (QED) is 0.698. The molecule has 0 spiro atoms. The molecule has 0 amide bonds. The Hall–Kier alpha value is -2.15. The Balaban J connectivity index is 2.12. The maximum Gasteiger partial charge on any atom is 0.303 e. The lowest BCUT2D eigenvalue weighted by atomic mass is 10.1. The lowest BCUT2D eigenvalue weighted by Gasteiger charge is -2.13. The predicted molar refractivity (Wildman–Crippen MR) is 91.9 cm³/mol. The molecule has 0 saturated carbocycles. The summed E-state index contributed by atoms with van der Waals surface area (Å²) in [5.41, 5.74) is 1.03. The number of carbonyl (C=O) groups is 1. The second-order valence-electron chi connectivity index (χ2n) is 5.71. The van der Waals surface area contributed by atoms with Crippen molar-refractivity contribution in [1.29, 1.82) is 0 Å². The van der Waals surface area contributed by atoms with E-state index in [4.69, 9.17) is 9.84 Å². The van der Waals surface area contributed by atoms with Crippen LogP contribution in [0, 0.1) is 11.6 Å². The highest BCUT2D eigenvalue weighted by molar-refractivity contribution is 7.99. The number of rotatable bonds is 8. The van der Waals surface area contributed by atoms with Crippen LogP contribution in [-0.2, 0) is 17.8 Å². The first-order chi connectivity index (χ1) is 11.9. The van der Waals surface area contributed by atoms with Gasteiger partial charge in [0, 0.05) is 23.4 Å². The smallest absolute Gasteiger partial charge is 0.303 e. The molecule has 7 heteroatoms. The largest absolute Gasteiger partial charge is 0.483 e. The normalized spacial score (nSPS) is 10.9. The molecule has 1 aromatic heterocycles. The van der Waals surface area contributed by atoms with Gasteiger partial charge in [-0.05, 0) is 30.2 Å². The van der Waals surface area contributed by atoms with Crippen LogP contribution in [0.1, 0.15) is 31.4 Å². The van der Waals surface area contributed by atoms with E-state index in [1.165, 1.54) is 0 Å². The van der Waals surface area contributed by atoms with Crippen molar-refractivity contribution in [2.45, 2.75) is 43.6 Å². The predicted octanol–water partition coefficient (Wildman–Crippen LogP) is 4.46. The number of hydrogen-bond donors (Lipinski definition) is 1. The van der Waals surface area contributed by atoms with Crippen LogP contribution in [-0.4, -0.2) is 21.3 Å². The highest BCUT2D eigenvalue weighted by Crippen LogP contribution is 2.28. The first-order valence-electron chi connectivity index (χ1n) is 7.80. The molecule has 2 aromatic rings. The zero-order valence-electron chi connectivity index (χ0n) is 14.0. The number of aryl methyl sites for hydroxylation is 1. The van der Waals surface area contributed by atoms with Crippen molar-refractivity contribution in [2.24, 2.45) is 0 Å². The topological polar surface area (TPSA) is 59.4 Å². The van der Waals surface area contributed by atoms with E-state index in [0.717, 1.165) is 22.7 Å². The lowest BCUT2D eigenvalue weighted by Crippen LogP contribution is -2.04. The lowest BCUT2D eigenvalue weighted by molar-refractivity contribution is -0.136. The van der Waals surface area contributed by atoms with Gasteiger partial charge in [0.25, 0.3) is 0 Å². The molecule has 0 saturated heterocycles. The molecule has 1 heterocycles. The van der Waals surface area contributed by atoms with Gasteiger partial charge in [-0.25, -0.2) is 13.8 Å². The van der Waals surface area contributed by atoms with Gasteiger partial charge in [-0.1, -0.05) is 19.9 Å². The highest BCUT2D eigenvalue weighted by Gasteiger charge is 2.15. The molecule has 0 radical (unpaired) electrons. The first-order valence-corrected chi connectivity index (χ1v) is 8.68. The Morgan fingerprint density at radius 3 is 2.60 bits per heavy atom. The van der Waals surface area contributed by atoms with Crippen molar-refractivity contribution in [3.8, 4) is 5.75 Å². The van der Waals surface area contributed by atoms with E-state index in [9.17, 15) is 13.6 Å².